The Morgan fingerprint density at radius 3 is 2.38 bits per heavy atom. The van der Waals surface area contributed by atoms with E-state index in [1.54, 1.807) is 24.3 Å². The van der Waals surface area contributed by atoms with Crippen LogP contribution in [0.1, 0.15) is 28.3 Å². The van der Waals surface area contributed by atoms with Crippen LogP contribution in [0.25, 0.3) is 0 Å². The lowest BCUT2D eigenvalue weighted by Gasteiger charge is -2.18. The highest BCUT2D eigenvalue weighted by Crippen LogP contribution is 2.28. The molecule has 0 aliphatic carbocycles. The van der Waals surface area contributed by atoms with Gasteiger partial charge in [0, 0.05) is 24.1 Å². The number of halogens is 4. The highest BCUT2D eigenvalue weighted by Gasteiger charge is 2.16. The van der Waals surface area contributed by atoms with Gasteiger partial charge in [-0.15, -0.1) is 0 Å². The summed E-state index contributed by atoms with van der Waals surface area (Å²) >= 11 is 23.8. The van der Waals surface area contributed by atoms with E-state index in [-0.39, 0.29) is 23.5 Å². The van der Waals surface area contributed by atoms with Crippen LogP contribution in [0.4, 0.5) is 0 Å². The molecule has 0 radical (unpaired) electrons. The number of carbonyl (C=O) groups is 1. The van der Waals surface area contributed by atoms with Crippen molar-refractivity contribution in [3.8, 4) is 0 Å². The summed E-state index contributed by atoms with van der Waals surface area (Å²) in [5.74, 6) is -0.403. The summed E-state index contributed by atoms with van der Waals surface area (Å²) in [5.41, 5.74) is 1.24. The maximum atomic E-state index is 12.3. The third kappa shape index (κ3) is 5.01. The summed E-state index contributed by atoms with van der Waals surface area (Å²) in [6.07, 6.45) is 0.479. The zero-order valence-corrected chi connectivity index (χ0v) is 15.6. The lowest BCUT2D eigenvalue weighted by atomic mass is 9.96. The smallest absolute Gasteiger partial charge is 0.252 e. The van der Waals surface area contributed by atoms with Crippen LogP contribution in [-0.4, -0.2) is 24.2 Å². The number of hydrogen-bond donors (Lipinski definition) is 2. The number of rotatable bonds is 6. The molecule has 0 saturated carbocycles. The predicted molar refractivity (Wildman–Crippen MR) is 99.7 cm³/mol. The lowest BCUT2D eigenvalue weighted by molar-refractivity contribution is 0.0949. The first-order valence-electron chi connectivity index (χ1n) is 7.21. The Hall–Kier alpha value is -0.970. The Morgan fingerprint density at radius 1 is 1.00 bits per heavy atom. The first-order valence-corrected chi connectivity index (χ1v) is 8.72. The topological polar surface area (TPSA) is 49.3 Å². The van der Waals surface area contributed by atoms with Crippen molar-refractivity contribution in [2.24, 2.45) is 0 Å². The van der Waals surface area contributed by atoms with Gasteiger partial charge in [0.25, 0.3) is 5.91 Å². The molecule has 7 heteroatoms. The first-order chi connectivity index (χ1) is 11.4. The minimum Gasteiger partial charge on any atom is -0.396 e. The zero-order valence-electron chi connectivity index (χ0n) is 12.5. The third-order valence-electron chi connectivity index (χ3n) is 3.58. The molecule has 0 aliphatic rings. The van der Waals surface area contributed by atoms with Gasteiger partial charge in [0.1, 0.15) is 0 Å². The molecule has 0 fully saturated rings. The molecule has 24 heavy (non-hydrogen) atoms. The third-order valence-corrected chi connectivity index (χ3v) is 4.86. The second-order valence-electron chi connectivity index (χ2n) is 5.22. The van der Waals surface area contributed by atoms with Gasteiger partial charge in [0.2, 0.25) is 0 Å². The van der Waals surface area contributed by atoms with E-state index >= 15 is 0 Å². The van der Waals surface area contributed by atoms with Crippen LogP contribution in [0.2, 0.25) is 20.1 Å². The quantitative estimate of drug-likeness (QED) is 0.692. The number of hydrogen-bond acceptors (Lipinski definition) is 2. The monoisotopic (exact) mass is 405 g/mol. The molecule has 0 saturated heterocycles. The van der Waals surface area contributed by atoms with Crippen molar-refractivity contribution in [2.45, 2.75) is 12.3 Å². The van der Waals surface area contributed by atoms with Crippen molar-refractivity contribution < 1.29 is 9.90 Å². The highest BCUT2D eigenvalue weighted by molar-refractivity contribution is 6.42. The van der Waals surface area contributed by atoms with Crippen LogP contribution in [0.15, 0.2) is 36.4 Å². The van der Waals surface area contributed by atoms with Gasteiger partial charge in [0.05, 0.1) is 20.6 Å². The zero-order chi connectivity index (χ0) is 17.7. The van der Waals surface area contributed by atoms with E-state index in [0.717, 1.165) is 5.56 Å². The van der Waals surface area contributed by atoms with Crippen LogP contribution < -0.4 is 5.32 Å². The number of amides is 1. The van der Waals surface area contributed by atoms with Crippen molar-refractivity contribution in [3.05, 3.63) is 67.6 Å². The van der Waals surface area contributed by atoms with Crippen LogP contribution in [0.3, 0.4) is 0 Å². The Kier molecular flexibility index (Phi) is 7.20. The Balaban J connectivity index is 2.10. The van der Waals surface area contributed by atoms with E-state index in [0.29, 0.717) is 33.6 Å². The molecule has 2 rings (SSSR count). The standard InChI is InChI=1S/C17H15Cl4NO2/c18-12-2-3-13(15(20)8-12)17(24)22-9-11(5-6-23)10-1-4-14(19)16(21)7-10/h1-4,7-8,11,23H,5-6,9H2,(H,22,24). The molecule has 2 aromatic carbocycles. The molecule has 1 unspecified atom stereocenters. The number of aliphatic hydroxyl groups is 1. The van der Waals surface area contributed by atoms with Gasteiger partial charge in [-0.2, -0.15) is 0 Å². The van der Waals surface area contributed by atoms with Gasteiger partial charge in [-0.3, -0.25) is 4.79 Å². The molecule has 128 valence electrons. The molecular formula is C17H15Cl4NO2. The van der Waals surface area contributed by atoms with E-state index in [4.69, 9.17) is 46.4 Å². The fraction of sp³-hybridized carbons (Fsp3) is 0.235. The minimum absolute atomic E-state index is 0.0114. The van der Waals surface area contributed by atoms with Crippen molar-refractivity contribution in [1.82, 2.24) is 5.32 Å². The summed E-state index contributed by atoms with van der Waals surface area (Å²) in [6, 6.07) is 9.96. The summed E-state index contributed by atoms with van der Waals surface area (Å²) in [7, 11) is 0. The molecule has 0 bridgehead atoms. The van der Waals surface area contributed by atoms with E-state index in [9.17, 15) is 9.90 Å². The largest absolute Gasteiger partial charge is 0.396 e. The summed E-state index contributed by atoms with van der Waals surface area (Å²) < 4.78 is 0. The minimum atomic E-state index is -0.306. The molecule has 0 heterocycles. The first kappa shape index (κ1) is 19.4. The van der Waals surface area contributed by atoms with Crippen molar-refractivity contribution in [1.29, 1.82) is 0 Å². The molecular weight excluding hydrogens is 392 g/mol. The maximum absolute atomic E-state index is 12.3. The Morgan fingerprint density at radius 2 is 1.75 bits per heavy atom. The fourth-order valence-electron chi connectivity index (χ4n) is 2.29. The number of nitrogens with one attached hydrogen (secondary N) is 1. The van der Waals surface area contributed by atoms with Crippen molar-refractivity contribution >= 4 is 52.3 Å². The number of benzene rings is 2. The normalized spacial score (nSPS) is 12.0. The fourth-order valence-corrected chi connectivity index (χ4v) is 3.09. The van der Waals surface area contributed by atoms with E-state index in [1.807, 2.05) is 6.07 Å². The average molecular weight is 407 g/mol. The average Bonchev–Trinajstić information content (AvgIpc) is 2.54. The molecule has 2 aromatic rings. The van der Waals surface area contributed by atoms with Crippen molar-refractivity contribution in [3.63, 3.8) is 0 Å². The van der Waals surface area contributed by atoms with E-state index < -0.39 is 0 Å². The lowest BCUT2D eigenvalue weighted by Crippen LogP contribution is -2.29. The molecule has 1 amide bonds. The van der Waals surface area contributed by atoms with E-state index in [2.05, 4.69) is 5.32 Å². The SMILES string of the molecule is O=C(NCC(CCO)c1ccc(Cl)c(Cl)c1)c1ccc(Cl)cc1Cl. The van der Waals surface area contributed by atoms with Gasteiger partial charge >= 0.3 is 0 Å². The summed E-state index contributed by atoms with van der Waals surface area (Å²) in [6.45, 7) is 0.318. The van der Waals surface area contributed by atoms with Crippen molar-refractivity contribution in [2.75, 3.05) is 13.2 Å². The number of aliphatic hydroxyl groups excluding tert-OH is 1. The molecule has 2 N–H and O–H groups in total. The molecule has 0 aliphatic heterocycles. The predicted octanol–water partition coefficient (Wildman–Crippen LogP) is 5.20. The summed E-state index contributed by atoms with van der Waals surface area (Å²) in [4.78, 5) is 12.3. The van der Waals surface area contributed by atoms with Crippen LogP contribution in [0.5, 0.6) is 0 Å². The Bertz CT molecular complexity index is 737. The summed E-state index contributed by atoms with van der Waals surface area (Å²) in [5, 5.41) is 13.7. The van der Waals surface area contributed by atoms with Crippen LogP contribution >= 0.6 is 46.4 Å². The van der Waals surface area contributed by atoms with Gasteiger partial charge in [-0.1, -0.05) is 52.5 Å². The molecule has 0 aromatic heterocycles. The molecule has 0 spiro atoms. The van der Waals surface area contributed by atoms with Gasteiger partial charge in [-0.05, 0) is 42.3 Å². The highest BCUT2D eigenvalue weighted by atomic mass is 35.5. The van der Waals surface area contributed by atoms with Gasteiger partial charge < -0.3 is 10.4 Å². The second kappa shape index (κ2) is 8.93. The molecule has 1 atom stereocenters. The maximum Gasteiger partial charge on any atom is 0.252 e. The van der Waals surface area contributed by atoms with Gasteiger partial charge in [-0.25, -0.2) is 0 Å². The van der Waals surface area contributed by atoms with E-state index in [1.165, 1.54) is 6.07 Å². The van der Waals surface area contributed by atoms with Gasteiger partial charge in [0.15, 0.2) is 0 Å². The molecule has 3 nitrogen and oxygen atoms in total. The number of carbonyl (C=O) groups excluding carboxylic acids is 1. The van der Waals surface area contributed by atoms with Crippen LogP contribution in [-0.2, 0) is 0 Å². The second-order valence-corrected chi connectivity index (χ2v) is 6.87. The Labute approximate surface area is 160 Å². The van der Waals surface area contributed by atoms with Crippen LogP contribution in [0, 0.1) is 0 Å².